The summed E-state index contributed by atoms with van der Waals surface area (Å²) in [7, 11) is 0. The molecule has 1 nitrogen and oxygen atoms in total. The van der Waals surface area contributed by atoms with Crippen LogP contribution in [0.3, 0.4) is 0 Å². The van der Waals surface area contributed by atoms with Crippen LogP contribution in [0, 0.1) is 0 Å². The molecule has 0 spiro atoms. The summed E-state index contributed by atoms with van der Waals surface area (Å²) in [5.41, 5.74) is 0. The Labute approximate surface area is 86.8 Å². The number of carbonyl (C=O) groups is 1. The second-order valence-corrected chi connectivity index (χ2v) is 3.69. The predicted octanol–water partition coefficient (Wildman–Crippen LogP) is 3.46. The number of allylic oxidation sites excluding steroid dienone is 1. The van der Waals surface area contributed by atoms with Crippen LogP contribution in [0.15, 0.2) is 23.6 Å². The van der Waals surface area contributed by atoms with Gasteiger partial charge in [-0.2, -0.15) is 13.2 Å². The summed E-state index contributed by atoms with van der Waals surface area (Å²) in [5.74, 6) is -1.95. The average molecular weight is 241 g/mol. The Morgan fingerprint density at radius 2 is 2.14 bits per heavy atom. The van der Waals surface area contributed by atoms with Gasteiger partial charge in [-0.05, 0) is 11.4 Å². The zero-order valence-electron chi connectivity index (χ0n) is 6.64. The van der Waals surface area contributed by atoms with Crippen LogP contribution in [0.1, 0.15) is 4.88 Å². The molecule has 0 saturated heterocycles. The molecular weight excluding hydrogens is 237 g/mol. The first-order valence-corrected chi connectivity index (χ1v) is 4.69. The maximum absolute atomic E-state index is 11.8. The van der Waals surface area contributed by atoms with Crippen molar-refractivity contribution in [3.63, 3.8) is 0 Å². The first kappa shape index (κ1) is 11.3. The van der Waals surface area contributed by atoms with Gasteiger partial charge in [-0.3, -0.25) is 4.79 Å². The molecule has 0 aromatic carbocycles. The van der Waals surface area contributed by atoms with E-state index in [9.17, 15) is 18.0 Å². The van der Waals surface area contributed by atoms with Crippen molar-refractivity contribution >= 4 is 33.8 Å². The lowest BCUT2D eigenvalue weighted by Crippen LogP contribution is -2.20. The quantitative estimate of drug-likeness (QED) is 0.724. The minimum Gasteiger partial charge on any atom is -0.285 e. The van der Waals surface area contributed by atoms with Gasteiger partial charge in [-0.15, -0.1) is 11.3 Å². The summed E-state index contributed by atoms with van der Waals surface area (Å²) in [4.78, 5) is 10.9. The van der Waals surface area contributed by atoms with Crippen LogP contribution >= 0.6 is 22.9 Å². The third-order valence-electron chi connectivity index (χ3n) is 1.29. The van der Waals surface area contributed by atoms with Crippen LogP contribution in [0.2, 0.25) is 0 Å². The molecule has 14 heavy (non-hydrogen) atoms. The molecule has 0 aliphatic rings. The average Bonchev–Trinajstić information content (AvgIpc) is 2.53. The SMILES string of the molecule is O=C(/C=C(/Cl)c1cccs1)C(F)(F)F. The monoisotopic (exact) mass is 240 g/mol. The van der Waals surface area contributed by atoms with Crippen molar-refractivity contribution in [2.45, 2.75) is 6.18 Å². The van der Waals surface area contributed by atoms with Gasteiger partial charge in [0.05, 0.1) is 5.03 Å². The third-order valence-corrected chi connectivity index (χ3v) is 2.62. The Balaban J connectivity index is 2.85. The summed E-state index contributed by atoms with van der Waals surface area (Å²) >= 11 is 6.66. The number of thiophene rings is 1. The normalized spacial score (nSPS) is 13.0. The van der Waals surface area contributed by atoms with Gasteiger partial charge in [0, 0.05) is 11.0 Å². The van der Waals surface area contributed by atoms with Crippen molar-refractivity contribution in [3.05, 3.63) is 28.5 Å². The van der Waals surface area contributed by atoms with Gasteiger partial charge in [0.25, 0.3) is 5.78 Å². The van der Waals surface area contributed by atoms with E-state index in [2.05, 4.69) is 0 Å². The fourth-order valence-corrected chi connectivity index (χ4v) is 1.61. The van der Waals surface area contributed by atoms with Crippen molar-refractivity contribution in [3.8, 4) is 0 Å². The van der Waals surface area contributed by atoms with E-state index >= 15 is 0 Å². The largest absolute Gasteiger partial charge is 0.454 e. The molecule has 0 aliphatic carbocycles. The van der Waals surface area contributed by atoms with Gasteiger partial charge >= 0.3 is 6.18 Å². The molecule has 1 rings (SSSR count). The lowest BCUT2D eigenvalue weighted by molar-refractivity contribution is -0.165. The van der Waals surface area contributed by atoms with Crippen LogP contribution in [0.5, 0.6) is 0 Å². The molecule has 1 aromatic rings. The Hall–Kier alpha value is -0.810. The molecule has 1 aromatic heterocycles. The minimum atomic E-state index is -4.86. The maximum atomic E-state index is 11.8. The molecule has 0 atom stereocenters. The molecule has 0 aliphatic heterocycles. The first-order chi connectivity index (χ1) is 6.41. The number of ketones is 1. The number of carbonyl (C=O) groups excluding carboxylic acids is 1. The van der Waals surface area contributed by atoms with Gasteiger partial charge in [-0.1, -0.05) is 17.7 Å². The fraction of sp³-hybridized carbons (Fsp3) is 0.125. The standard InChI is InChI=1S/C8H4ClF3OS/c9-5(6-2-1-3-14-6)4-7(13)8(10,11)12/h1-4H/b5-4+. The number of rotatable bonds is 2. The Morgan fingerprint density at radius 3 is 2.57 bits per heavy atom. The van der Waals surface area contributed by atoms with Crippen molar-refractivity contribution in [1.82, 2.24) is 0 Å². The molecule has 0 fully saturated rings. The summed E-state index contributed by atoms with van der Waals surface area (Å²) in [5, 5.41) is 1.46. The van der Waals surface area contributed by atoms with E-state index in [1.165, 1.54) is 6.07 Å². The summed E-state index contributed by atoms with van der Waals surface area (Å²) in [6, 6.07) is 3.17. The molecule has 0 unspecified atom stereocenters. The highest BCUT2D eigenvalue weighted by molar-refractivity contribution is 7.12. The lowest BCUT2D eigenvalue weighted by atomic mass is 10.3. The van der Waals surface area contributed by atoms with E-state index in [0.717, 1.165) is 11.3 Å². The van der Waals surface area contributed by atoms with Crippen LogP contribution < -0.4 is 0 Å². The number of alkyl halides is 3. The van der Waals surface area contributed by atoms with Crippen LogP contribution in [0.25, 0.3) is 5.03 Å². The molecule has 6 heteroatoms. The van der Waals surface area contributed by atoms with E-state index in [4.69, 9.17) is 11.6 Å². The summed E-state index contributed by atoms with van der Waals surface area (Å²) in [6.07, 6.45) is -4.48. The summed E-state index contributed by atoms with van der Waals surface area (Å²) < 4.78 is 35.4. The number of hydrogen-bond acceptors (Lipinski definition) is 2. The number of halogens is 4. The van der Waals surface area contributed by atoms with E-state index in [-0.39, 0.29) is 5.03 Å². The lowest BCUT2D eigenvalue weighted by Gasteiger charge is -2.00. The Bertz CT molecular complexity index is 353. The van der Waals surface area contributed by atoms with E-state index < -0.39 is 12.0 Å². The second kappa shape index (κ2) is 4.14. The zero-order valence-corrected chi connectivity index (χ0v) is 8.21. The van der Waals surface area contributed by atoms with Crippen molar-refractivity contribution in [1.29, 1.82) is 0 Å². The van der Waals surface area contributed by atoms with Gasteiger partial charge in [-0.25, -0.2) is 0 Å². The Morgan fingerprint density at radius 1 is 1.50 bits per heavy atom. The maximum Gasteiger partial charge on any atom is 0.454 e. The van der Waals surface area contributed by atoms with Crippen LogP contribution in [-0.2, 0) is 4.79 Å². The second-order valence-electron chi connectivity index (χ2n) is 2.33. The molecule has 0 radical (unpaired) electrons. The molecule has 0 amide bonds. The van der Waals surface area contributed by atoms with Gasteiger partial charge in [0.15, 0.2) is 0 Å². The van der Waals surface area contributed by atoms with E-state index in [1.807, 2.05) is 0 Å². The highest BCUT2D eigenvalue weighted by atomic mass is 35.5. The molecule has 0 N–H and O–H groups in total. The molecular formula is C8H4ClF3OS. The molecule has 76 valence electrons. The van der Waals surface area contributed by atoms with Crippen LogP contribution in [0.4, 0.5) is 13.2 Å². The van der Waals surface area contributed by atoms with Gasteiger partial charge in [0.2, 0.25) is 0 Å². The van der Waals surface area contributed by atoms with Gasteiger partial charge < -0.3 is 0 Å². The van der Waals surface area contributed by atoms with E-state index in [1.54, 1.807) is 11.4 Å². The fourth-order valence-electron chi connectivity index (χ4n) is 0.683. The topological polar surface area (TPSA) is 17.1 Å². The number of hydrogen-bond donors (Lipinski definition) is 0. The smallest absolute Gasteiger partial charge is 0.285 e. The molecule has 0 bridgehead atoms. The van der Waals surface area contributed by atoms with Crippen molar-refractivity contribution in [2.75, 3.05) is 0 Å². The highest BCUT2D eigenvalue weighted by Crippen LogP contribution is 2.26. The van der Waals surface area contributed by atoms with Crippen molar-refractivity contribution in [2.24, 2.45) is 0 Å². The van der Waals surface area contributed by atoms with Crippen molar-refractivity contribution < 1.29 is 18.0 Å². The zero-order chi connectivity index (χ0) is 10.8. The molecule has 1 heterocycles. The van der Waals surface area contributed by atoms with Gasteiger partial charge in [0.1, 0.15) is 0 Å². The van der Waals surface area contributed by atoms with E-state index in [0.29, 0.717) is 11.0 Å². The molecule has 0 saturated carbocycles. The predicted molar refractivity (Wildman–Crippen MR) is 49.2 cm³/mol. The Kier molecular flexibility index (Phi) is 3.34. The highest BCUT2D eigenvalue weighted by Gasteiger charge is 2.36. The summed E-state index contributed by atoms with van der Waals surface area (Å²) in [6.45, 7) is 0. The minimum absolute atomic E-state index is 0.192. The first-order valence-electron chi connectivity index (χ1n) is 3.43. The third kappa shape index (κ3) is 2.85. The van der Waals surface area contributed by atoms with Crippen LogP contribution in [-0.4, -0.2) is 12.0 Å².